The maximum atomic E-state index is 6.42. The molecule has 0 atom stereocenters. The third-order valence-electron chi connectivity index (χ3n) is 2.89. The standard InChI is InChI=1S/C15H25ClN2/c1-11(2)10-18(12(3)4)15-7-6-13(9-17-5)8-14(15)16/h6-8,11-12,17H,9-10H2,1-5H3. The molecule has 0 spiro atoms. The smallest absolute Gasteiger partial charge is 0.0642 e. The largest absolute Gasteiger partial charge is 0.368 e. The van der Waals surface area contributed by atoms with Gasteiger partial charge in [0.05, 0.1) is 10.7 Å². The van der Waals surface area contributed by atoms with Crippen molar-refractivity contribution in [1.82, 2.24) is 5.32 Å². The number of hydrogen-bond donors (Lipinski definition) is 1. The molecule has 0 heterocycles. The minimum atomic E-state index is 0.458. The predicted octanol–water partition coefficient (Wildman–Crippen LogP) is 3.93. The van der Waals surface area contributed by atoms with Gasteiger partial charge in [-0.25, -0.2) is 0 Å². The van der Waals surface area contributed by atoms with Gasteiger partial charge in [-0.1, -0.05) is 31.5 Å². The van der Waals surface area contributed by atoms with Crippen LogP contribution in [0.15, 0.2) is 18.2 Å². The second-order valence-electron chi connectivity index (χ2n) is 5.46. The van der Waals surface area contributed by atoms with Crippen molar-refractivity contribution in [3.05, 3.63) is 28.8 Å². The van der Waals surface area contributed by atoms with Gasteiger partial charge in [-0.15, -0.1) is 0 Å². The van der Waals surface area contributed by atoms with Crippen LogP contribution >= 0.6 is 11.6 Å². The SMILES string of the molecule is CNCc1ccc(N(CC(C)C)C(C)C)c(Cl)c1. The van der Waals surface area contributed by atoms with Gasteiger partial charge in [0.15, 0.2) is 0 Å². The lowest BCUT2D eigenvalue weighted by Crippen LogP contribution is -2.34. The third kappa shape index (κ3) is 4.18. The second-order valence-corrected chi connectivity index (χ2v) is 5.86. The van der Waals surface area contributed by atoms with Crippen LogP contribution < -0.4 is 10.2 Å². The van der Waals surface area contributed by atoms with Gasteiger partial charge in [-0.3, -0.25) is 0 Å². The molecular weight excluding hydrogens is 244 g/mol. The summed E-state index contributed by atoms with van der Waals surface area (Å²) in [6.07, 6.45) is 0. The van der Waals surface area contributed by atoms with Crippen molar-refractivity contribution in [2.45, 2.75) is 40.3 Å². The number of benzene rings is 1. The van der Waals surface area contributed by atoms with E-state index >= 15 is 0 Å². The molecule has 18 heavy (non-hydrogen) atoms. The quantitative estimate of drug-likeness (QED) is 0.841. The van der Waals surface area contributed by atoms with Crippen LogP contribution in [-0.4, -0.2) is 19.6 Å². The van der Waals surface area contributed by atoms with Crippen LogP contribution in [0.4, 0.5) is 5.69 Å². The molecular formula is C15H25ClN2. The zero-order valence-corrected chi connectivity index (χ0v) is 12.9. The van der Waals surface area contributed by atoms with Gasteiger partial charge in [0, 0.05) is 19.1 Å². The highest BCUT2D eigenvalue weighted by molar-refractivity contribution is 6.33. The summed E-state index contributed by atoms with van der Waals surface area (Å²) in [4.78, 5) is 2.37. The van der Waals surface area contributed by atoms with Crippen LogP contribution in [0.1, 0.15) is 33.3 Å². The summed E-state index contributed by atoms with van der Waals surface area (Å²) in [5.41, 5.74) is 2.36. The Morgan fingerprint density at radius 2 is 1.89 bits per heavy atom. The Morgan fingerprint density at radius 3 is 2.33 bits per heavy atom. The summed E-state index contributed by atoms with van der Waals surface area (Å²) >= 11 is 6.42. The number of halogens is 1. The lowest BCUT2D eigenvalue weighted by molar-refractivity contribution is 0.571. The van der Waals surface area contributed by atoms with Gasteiger partial charge in [0.1, 0.15) is 0 Å². The molecule has 1 N–H and O–H groups in total. The molecule has 3 heteroatoms. The minimum Gasteiger partial charge on any atom is -0.368 e. The van der Waals surface area contributed by atoms with Crippen molar-refractivity contribution in [2.24, 2.45) is 5.92 Å². The zero-order chi connectivity index (χ0) is 13.7. The predicted molar refractivity (Wildman–Crippen MR) is 81.5 cm³/mol. The molecule has 0 bridgehead atoms. The van der Waals surface area contributed by atoms with Gasteiger partial charge >= 0.3 is 0 Å². The molecule has 0 radical (unpaired) electrons. The fraction of sp³-hybridized carbons (Fsp3) is 0.600. The molecule has 0 saturated heterocycles. The van der Waals surface area contributed by atoms with Crippen molar-refractivity contribution in [3.63, 3.8) is 0 Å². The summed E-state index contributed by atoms with van der Waals surface area (Å²) < 4.78 is 0. The van der Waals surface area contributed by atoms with E-state index in [2.05, 4.69) is 56.1 Å². The Balaban J connectivity index is 2.98. The maximum Gasteiger partial charge on any atom is 0.0642 e. The summed E-state index contributed by atoms with van der Waals surface area (Å²) in [5.74, 6) is 0.625. The normalized spacial score (nSPS) is 11.3. The molecule has 2 nitrogen and oxygen atoms in total. The first kappa shape index (κ1) is 15.3. The fourth-order valence-electron chi connectivity index (χ4n) is 2.08. The van der Waals surface area contributed by atoms with E-state index in [0.717, 1.165) is 23.8 Å². The van der Waals surface area contributed by atoms with E-state index < -0.39 is 0 Å². The van der Waals surface area contributed by atoms with E-state index in [0.29, 0.717) is 12.0 Å². The second kappa shape index (κ2) is 7.01. The average molecular weight is 269 g/mol. The summed E-state index contributed by atoms with van der Waals surface area (Å²) in [7, 11) is 1.95. The van der Waals surface area contributed by atoms with E-state index in [1.54, 1.807) is 0 Å². The Kier molecular flexibility index (Phi) is 5.97. The van der Waals surface area contributed by atoms with E-state index in [4.69, 9.17) is 11.6 Å². The summed E-state index contributed by atoms with van der Waals surface area (Å²) in [6.45, 7) is 10.8. The minimum absolute atomic E-state index is 0.458. The molecule has 0 aromatic heterocycles. The molecule has 102 valence electrons. The Labute approximate surface area is 116 Å². The molecule has 0 fully saturated rings. The van der Waals surface area contributed by atoms with Crippen molar-refractivity contribution in [3.8, 4) is 0 Å². The van der Waals surface area contributed by atoms with Gasteiger partial charge in [0.2, 0.25) is 0 Å². The number of nitrogens with one attached hydrogen (secondary N) is 1. The van der Waals surface area contributed by atoms with Crippen molar-refractivity contribution < 1.29 is 0 Å². The molecule has 0 aliphatic rings. The van der Waals surface area contributed by atoms with E-state index in [1.807, 2.05) is 7.05 Å². The maximum absolute atomic E-state index is 6.42. The van der Waals surface area contributed by atoms with Crippen LogP contribution in [0.3, 0.4) is 0 Å². The molecule has 0 aliphatic heterocycles. The molecule has 0 unspecified atom stereocenters. The van der Waals surface area contributed by atoms with E-state index in [1.165, 1.54) is 5.56 Å². The first-order valence-electron chi connectivity index (χ1n) is 6.65. The fourth-order valence-corrected chi connectivity index (χ4v) is 2.39. The third-order valence-corrected chi connectivity index (χ3v) is 3.19. The number of hydrogen-bond acceptors (Lipinski definition) is 2. The first-order chi connectivity index (χ1) is 8.45. The molecule has 1 rings (SSSR count). The van der Waals surface area contributed by atoms with Crippen LogP contribution in [0.25, 0.3) is 0 Å². The van der Waals surface area contributed by atoms with E-state index in [9.17, 15) is 0 Å². The average Bonchev–Trinajstić information content (AvgIpc) is 2.26. The molecule has 1 aromatic carbocycles. The van der Waals surface area contributed by atoms with Crippen LogP contribution in [0, 0.1) is 5.92 Å². The van der Waals surface area contributed by atoms with Gasteiger partial charge in [0.25, 0.3) is 0 Å². The van der Waals surface area contributed by atoms with Crippen LogP contribution in [0.2, 0.25) is 5.02 Å². The van der Waals surface area contributed by atoms with Gasteiger partial charge in [-0.2, -0.15) is 0 Å². The van der Waals surface area contributed by atoms with Crippen molar-refractivity contribution in [1.29, 1.82) is 0 Å². The van der Waals surface area contributed by atoms with Crippen LogP contribution in [0.5, 0.6) is 0 Å². The Bertz CT molecular complexity index is 375. The van der Waals surface area contributed by atoms with Gasteiger partial charge < -0.3 is 10.2 Å². The molecule has 0 amide bonds. The number of anilines is 1. The van der Waals surface area contributed by atoms with Crippen molar-refractivity contribution in [2.75, 3.05) is 18.5 Å². The number of rotatable bonds is 6. The lowest BCUT2D eigenvalue weighted by atomic mass is 10.1. The number of nitrogens with zero attached hydrogens (tertiary/aromatic N) is 1. The topological polar surface area (TPSA) is 15.3 Å². The Morgan fingerprint density at radius 1 is 1.22 bits per heavy atom. The molecule has 0 aliphatic carbocycles. The van der Waals surface area contributed by atoms with Gasteiger partial charge in [-0.05, 0) is 44.5 Å². The summed E-state index contributed by atoms with van der Waals surface area (Å²) in [5, 5.41) is 3.99. The highest BCUT2D eigenvalue weighted by Gasteiger charge is 2.15. The molecule has 1 aromatic rings. The van der Waals surface area contributed by atoms with Crippen LogP contribution in [-0.2, 0) is 6.54 Å². The first-order valence-corrected chi connectivity index (χ1v) is 7.03. The molecule has 0 saturated carbocycles. The summed E-state index contributed by atoms with van der Waals surface area (Å²) in [6, 6.07) is 6.80. The van der Waals surface area contributed by atoms with E-state index in [-0.39, 0.29) is 0 Å². The zero-order valence-electron chi connectivity index (χ0n) is 12.1. The lowest BCUT2D eigenvalue weighted by Gasteiger charge is -2.31. The Hall–Kier alpha value is -0.730. The highest BCUT2D eigenvalue weighted by Crippen LogP contribution is 2.29. The monoisotopic (exact) mass is 268 g/mol. The van der Waals surface area contributed by atoms with Crippen molar-refractivity contribution >= 4 is 17.3 Å². The highest BCUT2D eigenvalue weighted by atomic mass is 35.5.